The molecule has 5 aromatic rings. The summed E-state index contributed by atoms with van der Waals surface area (Å²) in [6.07, 6.45) is -1.48. The van der Waals surface area contributed by atoms with Crippen molar-refractivity contribution in [2.24, 2.45) is 0 Å². The first-order chi connectivity index (χ1) is 17.3. The van der Waals surface area contributed by atoms with Crippen molar-refractivity contribution in [2.75, 3.05) is 7.11 Å². The fraction of sp³-hybridized carbons (Fsp3) is 0.120. The number of methoxy groups -OCH3 is 1. The lowest BCUT2D eigenvalue weighted by Gasteiger charge is -2.10. The van der Waals surface area contributed by atoms with E-state index in [2.05, 4.69) is 20.3 Å². The van der Waals surface area contributed by atoms with Crippen LogP contribution in [0.4, 0.5) is 17.6 Å². The highest BCUT2D eigenvalue weighted by atomic mass is 32.2. The zero-order valence-corrected chi connectivity index (χ0v) is 19.5. The van der Waals surface area contributed by atoms with E-state index in [0.29, 0.717) is 39.0 Å². The zero-order valence-electron chi connectivity index (χ0n) is 18.7. The third-order valence-electron chi connectivity index (χ3n) is 5.39. The molecule has 0 aliphatic carbocycles. The van der Waals surface area contributed by atoms with Crippen LogP contribution in [0.3, 0.4) is 0 Å². The molecule has 11 heteroatoms. The van der Waals surface area contributed by atoms with Crippen LogP contribution < -0.4 is 4.74 Å². The molecule has 0 unspecified atom stereocenters. The number of fused-ring (bicyclic) bond motifs is 1. The van der Waals surface area contributed by atoms with E-state index in [-0.39, 0.29) is 5.52 Å². The van der Waals surface area contributed by atoms with Gasteiger partial charge in [0, 0.05) is 22.9 Å². The van der Waals surface area contributed by atoms with Crippen molar-refractivity contribution in [3.05, 3.63) is 90.0 Å². The third-order valence-corrected chi connectivity index (χ3v) is 6.39. The minimum Gasteiger partial charge on any atom is -0.497 e. The summed E-state index contributed by atoms with van der Waals surface area (Å²) in [5, 5.41) is 8.66. The first kappa shape index (κ1) is 23.7. The van der Waals surface area contributed by atoms with Crippen LogP contribution in [0.15, 0.2) is 83.0 Å². The van der Waals surface area contributed by atoms with Gasteiger partial charge in [-0.2, -0.15) is 13.2 Å². The molecule has 0 atom stereocenters. The van der Waals surface area contributed by atoms with Crippen LogP contribution in [0, 0.1) is 5.82 Å². The van der Waals surface area contributed by atoms with Crippen molar-refractivity contribution >= 4 is 22.8 Å². The summed E-state index contributed by atoms with van der Waals surface area (Å²) in [4.78, 5) is 9.19. The van der Waals surface area contributed by atoms with Crippen molar-refractivity contribution in [2.45, 2.75) is 22.6 Å². The Morgan fingerprint density at radius 3 is 2.36 bits per heavy atom. The van der Waals surface area contributed by atoms with Crippen molar-refractivity contribution in [3.63, 3.8) is 0 Å². The number of aromatic nitrogens is 5. The maximum Gasteiger partial charge on any atom is 0.416 e. The Morgan fingerprint density at radius 2 is 1.67 bits per heavy atom. The van der Waals surface area contributed by atoms with Crippen LogP contribution in [0.5, 0.6) is 5.75 Å². The molecule has 36 heavy (non-hydrogen) atoms. The number of hydrogen-bond acceptors (Lipinski definition) is 6. The molecule has 0 saturated carbocycles. The first-order valence-electron chi connectivity index (χ1n) is 10.6. The molecule has 0 radical (unpaired) electrons. The van der Waals surface area contributed by atoms with Crippen LogP contribution in [0.1, 0.15) is 11.1 Å². The molecular weight excluding hydrogens is 494 g/mol. The summed E-state index contributed by atoms with van der Waals surface area (Å²) in [6, 6.07) is 15.1. The van der Waals surface area contributed by atoms with Crippen molar-refractivity contribution in [3.8, 4) is 17.0 Å². The lowest BCUT2D eigenvalue weighted by Crippen LogP contribution is -2.04. The highest BCUT2D eigenvalue weighted by Crippen LogP contribution is 2.36. The van der Waals surface area contributed by atoms with E-state index in [0.717, 1.165) is 29.5 Å². The molecule has 6 nitrogen and oxygen atoms in total. The average molecular weight is 512 g/mol. The Kier molecular flexibility index (Phi) is 6.31. The first-order valence-corrected chi connectivity index (χ1v) is 11.5. The van der Waals surface area contributed by atoms with Gasteiger partial charge >= 0.3 is 6.18 Å². The van der Waals surface area contributed by atoms with E-state index in [1.807, 2.05) is 24.3 Å². The largest absolute Gasteiger partial charge is 0.497 e. The van der Waals surface area contributed by atoms with Crippen molar-refractivity contribution in [1.82, 2.24) is 25.0 Å². The van der Waals surface area contributed by atoms with E-state index in [9.17, 15) is 13.2 Å². The van der Waals surface area contributed by atoms with E-state index >= 15 is 4.39 Å². The number of hydrogen-bond donors (Lipinski definition) is 0. The quantitative estimate of drug-likeness (QED) is 0.251. The molecule has 0 aliphatic rings. The maximum atomic E-state index is 15.3. The number of rotatable bonds is 6. The van der Waals surface area contributed by atoms with Gasteiger partial charge in [0.15, 0.2) is 5.82 Å². The fourth-order valence-corrected chi connectivity index (χ4v) is 4.51. The molecule has 0 aliphatic heterocycles. The highest BCUT2D eigenvalue weighted by Gasteiger charge is 2.30. The summed E-state index contributed by atoms with van der Waals surface area (Å²) < 4.78 is 60.5. The number of alkyl halides is 3. The second-order valence-electron chi connectivity index (χ2n) is 7.76. The minimum absolute atomic E-state index is 0.246. The van der Waals surface area contributed by atoms with E-state index < -0.39 is 17.6 Å². The molecule has 0 amide bonds. The summed E-state index contributed by atoms with van der Waals surface area (Å²) in [7, 11) is 1.58. The lowest BCUT2D eigenvalue weighted by molar-refractivity contribution is -0.137. The van der Waals surface area contributed by atoms with Gasteiger partial charge in [0.1, 0.15) is 27.5 Å². The van der Waals surface area contributed by atoms with Gasteiger partial charge < -0.3 is 4.74 Å². The number of halogens is 4. The van der Waals surface area contributed by atoms with Gasteiger partial charge in [0.05, 0.1) is 19.2 Å². The average Bonchev–Trinajstić information content (AvgIpc) is 3.28. The summed E-state index contributed by atoms with van der Waals surface area (Å²) in [5.74, 6) is 0.184. The molecule has 2 aromatic heterocycles. The molecule has 0 fully saturated rings. The highest BCUT2D eigenvalue weighted by molar-refractivity contribution is 7.99. The molecular formula is C25H17F4N5OS. The predicted molar refractivity (Wildman–Crippen MR) is 126 cm³/mol. The molecule has 0 spiro atoms. The van der Waals surface area contributed by atoms with Gasteiger partial charge in [0.25, 0.3) is 0 Å². The topological polar surface area (TPSA) is 65.7 Å². The number of ether oxygens (including phenoxy) is 1. The molecule has 5 rings (SSSR count). The van der Waals surface area contributed by atoms with Crippen molar-refractivity contribution in [1.29, 1.82) is 0 Å². The van der Waals surface area contributed by atoms with Crippen LogP contribution in [-0.2, 0) is 12.7 Å². The van der Waals surface area contributed by atoms with Gasteiger partial charge in [-0.15, -0.1) is 5.10 Å². The number of nitrogens with zero attached hydrogens (tertiary/aromatic N) is 5. The summed E-state index contributed by atoms with van der Waals surface area (Å²) in [5.41, 5.74) is 1.56. The molecule has 0 bridgehead atoms. The maximum absolute atomic E-state index is 15.3. The summed E-state index contributed by atoms with van der Waals surface area (Å²) in [6.45, 7) is 0.316. The van der Waals surface area contributed by atoms with Gasteiger partial charge in [0.2, 0.25) is 0 Å². The second-order valence-corrected chi connectivity index (χ2v) is 8.82. The molecule has 0 saturated heterocycles. The second kappa shape index (κ2) is 9.57. The van der Waals surface area contributed by atoms with Gasteiger partial charge in [-0.1, -0.05) is 29.1 Å². The Morgan fingerprint density at radius 1 is 0.944 bits per heavy atom. The Balaban J connectivity index is 1.45. The standard InChI is InChI=1S/C25H17F4N5OS/c1-35-18-6-2-15(3-7-18)14-34-23-20(26)12-16(13-21(23)32-33-34)22-24(31-11-10-30-22)36-19-8-4-17(5-9-19)25(27,28)29/h2-13H,14H2,1H3. The fourth-order valence-electron chi connectivity index (χ4n) is 3.64. The Labute approximate surface area is 207 Å². The molecule has 0 N–H and O–H groups in total. The van der Waals surface area contributed by atoms with E-state index in [1.165, 1.54) is 35.3 Å². The van der Waals surface area contributed by atoms with Crippen LogP contribution in [0.2, 0.25) is 0 Å². The Hall–Kier alpha value is -3.99. The van der Waals surface area contributed by atoms with Gasteiger partial charge in [-0.25, -0.2) is 14.1 Å². The molecule has 2 heterocycles. The number of benzene rings is 3. The normalized spacial score (nSPS) is 11.7. The van der Waals surface area contributed by atoms with Gasteiger partial charge in [-0.3, -0.25) is 4.98 Å². The van der Waals surface area contributed by atoms with Gasteiger partial charge in [-0.05, 0) is 54.1 Å². The lowest BCUT2D eigenvalue weighted by atomic mass is 10.1. The zero-order chi connectivity index (χ0) is 25.3. The SMILES string of the molecule is COc1ccc(Cn2nnc3cc(-c4nccnc4Sc4ccc(C(F)(F)F)cc4)cc(F)c32)cc1. The predicted octanol–water partition coefficient (Wildman–Crippen LogP) is 6.25. The van der Waals surface area contributed by atoms with Crippen molar-refractivity contribution < 1.29 is 22.3 Å². The van der Waals surface area contributed by atoms with Crippen LogP contribution in [-0.4, -0.2) is 32.1 Å². The van der Waals surface area contributed by atoms with Crippen LogP contribution in [0.25, 0.3) is 22.3 Å². The monoisotopic (exact) mass is 511 g/mol. The molecule has 3 aromatic carbocycles. The molecule has 182 valence electrons. The third kappa shape index (κ3) is 4.87. The van der Waals surface area contributed by atoms with E-state index in [4.69, 9.17) is 4.74 Å². The van der Waals surface area contributed by atoms with E-state index in [1.54, 1.807) is 13.2 Å². The smallest absolute Gasteiger partial charge is 0.416 e. The summed E-state index contributed by atoms with van der Waals surface area (Å²) >= 11 is 1.13. The Bertz CT molecular complexity index is 1520. The minimum atomic E-state index is -4.42. The van der Waals surface area contributed by atoms with Crippen LogP contribution >= 0.6 is 11.8 Å².